The molecule has 2 amide bonds. The minimum atomic E-state index is -0.496. The molecule has 1 aromatic heterocycles. The summed E-state index contributed by atoms with van der Waals surface area (Å²) in [5.41, 5.74) is 1.27. The van der Waals surface area contributed by atoms with Crippen molar-refractivity contribution in [2.24, 2.45) is 0 Å². The quantitative estimate of drug-likeness (QED) is 0.712. The number of hydrogen-bond acceptors (Lipinski definition) is 4. The van der Waals surface area contributed by atoms with E-state index >= 15 is 0 Å². The molecule has 18 heavy (non-hydrogen) atoms. The molecule has 0 saturated heterocycles. The number of nitrogens with one attached hydrogen (secondary N) is 2. The lowest BCUT2D eigenvalue weighted by Gasteiger charge is -2.07. The maximum Gasteiger partial charge on any atom is 0.325 e. The van der Waals surface area contributed by atoms with Crippen LogP contribution in [0.15, 0.2) is 28.8 Å². The van der Waals surface area contributed by atoms with Crippen LogP contribution in [0.3, 0.4) is 0 Å². The molecule has 0 fully saturated rings. The van der Waals surface area contributed by atoms with Gasteiger partial charge in [-0.25, -0.2) is 4.79 Å². The Hall–Kier alpha value is -2.50. The Morgan fingerprint density at radius 3 is 2.72 bits per heavy atom. The van der Waals surface area contributed by atoms with Crippen molar-refractivity contribution in [3.05, 3.63) is 35.6 Å². The minimum Gasteiger partial charge on any atom is -0.506 e. The third kappa shape index (κ3) is 2.79. The van der Waals surface area contributed by atoms with Crippen LogP contribution < -0.4 is 10.6 Å². The summed E-state index contributed by atoms with van der Waals surface area (Å²) in [4.78, 5) is 11.6. The number of carbonyl (C=O) groups excluding carboxylic acids is 1. The summed E-state index contributed by atoms with van der Waals surface area (Å²) >= 11 is 0. The molecule has 0 aliphatic rings. The number of rotatable bonds is 2. The van der Waals surface area contributed by atoms with Gasteiger partial charge in [-0.15, -0.1) is 0 Å². The summed E-state index contributed by atoms with van der Waals surface area (Å²) in [6.45, 7) is 3.59. The average Bonchev–Trinajstić information content (AvgIpc) is 2.69. The highest BCUT2D eigenvalue weighted by molar-refractivity contribution is 6.00. The number of aryl methyl sites for hydroxylation is 2. The zero-order chi connectivity index (χ0) is 13.1. The SMILES string of the molecule is Cc1ccc(O)c(NC(=O)Nc2cc(C)on2)c1. The first kappa shape index (κ1) is 12.0. The first-order valence-corrected chi connectivity index (χ1v) is 5.35. The smallest absolute Gasteiger partial charge is 0.325 e. The summed E-state index contributed by atoms with van der Waals surface area (Å²) in [6.07, 6.45) is 0. The Balaban J connectivity index is 2.05. The molecule has 0 aliphatic carbocycles. The van der Waals surface area contributed by atoms with E-state index in [0.29, 0.717) is 17.3 Å². The molecule has 6 nitrogen and oxygen atoms in total. The summed E-state index contributed by atoms with van der Waals surface area (Å²) in [7, 11) is 0. The van der Waals surface area contributed by atoms with Crippen LogP contribution in [0, 0.1) is 13.8 Å². The molecule has 0 spiro atoms. The molecular formula is C12H13N3O3. The Kier molecular flexibility index (Phi) is 3.18. The van der Waals surface area contributed by atoms with Gasteiger partial charge in [0.2, 0.25) is 0 Å². The Morgan fingerprint density at radius 1 is 1.28 bits per heavy atom. The number of amides is 2. The van der Waals surface area contributed by atoms with E-state index in [1.807, 2.05) is 6.92 Å². The first-order valence-electron chi connectivity index (χ1n) is 5.35. The summed E-state index contributed by atoms with van der Waals surface area (Å²) in [6, 6.07) is 6.03. The zero-order valence-corrected chi connectivity index (χ0v) is 10.0. The highest BCUT2D eigenvalue weighted by Gasteiger charge is 2.08. The van der Waals surface area contributed by atoms with Crippen molar-refractivity contribution in [3.8, 4) is 5.75 Å². The number of aromatic nitrogens is 1. The molecule has 0 aliphatic heterocycles. The Morgan fingerprint density at radius 2 is 2.06 bits per heavy atom. The van der Waals surface area contributed by atoms with E-state index in [1.165, 1.54) is 6.07 Å². The number of hydrogen-bond donors (Lipinski definition) is 3. The van der Waals surface area contributed by atoms with Gasteiger partial charge in [-0.05, 0) is 31.5 Å². The van der Waals surface area contributed by atoms with Crippen LogP contribution in [0.2, 0.25) is 0 Å². The lowest BCUT2D eigenvalue weighted by atomic mass is 10.2. The van der Waals surface area contributed by atoms with E-state index in [9.17, 15) is 9.90 Å². The second kappa shape index (κ2) is 4.79. The lowest BCUT2D eigenvalue weighted by molar-refractivity contribution is 0.261. The fourth-order valence-corrected chi connectivity index (χ4v) is 1.45. The number of aromatic hydroxyl groups is 1. The standard InChI is InChI=1S/C12H13N3O3/c1-7-3-4-10(16)9(5-7)13-12(17)14-11-6-8(2)18-15-11/h3-6,16H,1-2H3,(H2,13,14,15,17). The predicted molar refractivity (Wildman–Crippen MR) is 66.7 cm³/mol. The Bertz CT molecular complexity index is 578. The molecule has 0 unspecified atom stereocenters. The van der Waals surface area contributed by atoms with Crippen LogP contribution in [0.5, 0.6) is 5.75 Å². The van der Waals surface area contributed by atoms with E-state index in [2.05, 4.69) is 15.8 Å². The molecule has 3 N–H and O–H groups in total. The van der Waals surface area contributed by atoms with Crippen molar-refractivity contribution in [2.45, 2.75) is 13.8 Å². The van der Waals surface area contributed by atoms with Crippen molar-refractivity contribution in [1.82, 2.24) is 5.16 Å². The fourth-order valence-electron chi connectivity index (χ4n) is 1.45. The molecule has 0 bridgehead atoms. The summed E-state index contributed by atoms with van der Waals surface area (Å²) < 4.78 is 4.82. The molecule has 0 saturated carbocycles. The number of benzene rings is 1. The van der Waals surface area contributed by atoms with Crippen LogP contribution in [0.4, 0.5) is 16.3 Å². The predicted octanol–water partition coefficient (Wildman–Crippen LogP) is 2.64. The summed E-state index contributed by atoms with van der Waals surface area (Å²) in [5.74, 6) is 0.924. The van der Waals surface area contributed by atoms with Gasteiger partial charge in [0.15, 0.2) is 5.82 Å². The maximum atomic E-state index is 11.6. The van der Waals surface area contributed by atoms with Crippen molar-refractivity contribution in [1.29, 1.82) is 0 Å². The van der Waals surface area contributed by atoms with Crippen LogP contribution in [-0.2, 0) is 0 Å². The second-order valence-electron chi connectivity index (χ2n) is 3.92. The third-order valence-corrected chi connectivity index (χ3v) is 2.27. The number of anilines is 2. The van der Waals surface area contributed by atoms with Gasteiger partial charge in [0.25, 0.3) is 0 Å². The van der Waals surface area contributed by atoms with Gasteiger partial charge >= 0.3 is 6.03 Å². The van der Waals surface area contributed by atoms with Gasteiger partial charge in [0.1, 0.15) is 11.5 Å². The highest BCUT2D eigenvalue weighted by Crippen LogP contribution is 2.23. The van der Waals surface area contributed by atoms with Gasteiger partial charge in [-0.1, -0.05) is 11.2 Å². The summed E-state index contributed by atoms with van der Waals surface area (Å²) in [5, 5.41) is 18.2. The molecule has 6 heteroatoms. The van der Waals surface area contributed by atoms with Gasteiger partial charge in [-0.2, -0.15) is 0 Å². The maximum absolute atomic E-state index is 11.6. The first-order chi connectivity index (χ1) is 8.54. The number of nitrogens with zero attached hydrogens (tertiary/aromatic N) is 1. The van der Waals surface area contributed by atoms with Crippen molar-refractivity contribution in [2.75, 3.05) is 10.6 Å². The van der Waals surface area contributed by atoms with E-state index in [4.69, 9.17) is 4.52 Å². The third-order valence-electron chi connectivity index (χ3n) is 2.27. The van der Waals surface area contributed by atoms with Gasteiger partial charge in [0.05, 0.1) is 5.69 Å². The topological polar surface area (TPSA) is 87.4 Å². The van der Waals surface area contributed by atoms with Crippen LogP contribution >= 0.6 is 0 Å². The van der Waals surface area contributed by atoms with E-state index in [0.717, 1.165) is 5.56 Å². The molecule has 0 atom stereocenters. The lowest BCUT2D eigenvalue weighted by Crippen LogP contribution is -2.19. The fraction of sp³-hybridized carbons (Fsp3) is 0.167. The zero-order valence-electron chi connectivity index (χ0n) is 10.0. The molecule has 1 heterocycles. The molecule has 1 aromatic carbocycles. The second-order valence-corrected chi connectivity index (χ2v) is 3.92. The number of carbonyl (C=O) groups is 1. The molecule has 2 rings (SSSR count). The van der Waals surface area contributed by atoms with E-state index in [1.54, 1.807) is 25.1 Å². The number of phenolic OH excluding ortho intramolecular Hbond substituents is 1. The normalized spacial score (nSPS) is 10.1. The van der Waals surface area contributed by atoms with Crippen molar-refractivity contribution >= 4 is 17.5 Å². The molecule has 0 radical (unpaired) electrons. The molecule has 2 aromatic rings. The van der Waals surface area contributed by atoms with E-state index < -0.39 is 6.03 Å². The number of phenols is 1. The van der Waals surface area contributed by atoms with Gasteiger partial charge in [-0.3, -0.25) is 5.32 Å². The van der Waals surface area contributed by atoms with Gasteiger partial charge in [0, 0.05) is 6.07 Å². The minimum absolute atomic E-state index is 0.00656. The average molecular weight is 247 g/mol. The monoisotopic (exact) mass is 247 g/mol. The molecular weight excluding hydrogens is 234 g/mol. The Labute approximate surface area is 104 Å². The van der Waals surface area contributed by atoms with E-state index in [-0.39, 0.29) is 5.75 Å². The van der Waals surface area contributed by atoms with Crippen LogP contribution in [0.1, 0.15) is 11.3 Å². The highest BCUT2D eigenvalue weighted by atomic mass is 16.5. The van der Waals surface area contributed by atoms with Gasteiger partial charge < -0.3 is 14.9 Å². The van der Waals surface area contributed by atoms with Crippen molar-refractivity contribution < 1.29 is 14.4 Å². The van der Waals surface area contributed by atoms with Crippen molar-refractivity contribution in [3.63, 3.8) is 0 Å². The number of urea groups is 1. The van der Waals surface area contributed by atoms with Crippen LogP contribution in [0.25, 0.3) is 0 Å². The molecule has 94 valence electrons. The largest absolute Gasteiger partial charge is 0.506 e. The van der Waals surface area contributed by atoms with Crippen LogP contribution in [-0.4, -0.2) is 16.3 Å².